The first-order chi connectivity index (χ1) is 30.7. The van der Waals surface area contributed by atoms with Crippen molar-refractivity contribution in [3.05, 3.63) is 222 Å². The van der Waals surface area contributed by atoms with E-state index in [1.165, 1.54) is 49.9 Å². The van der Waals surface area contributed by atoms with E-state index in [1.807, 2.05) is 12.3 Å². The summed E-state index contributed by atoms with van der Waals surface area (Å²) in [6, 6.07) is 54.4. The second-order valence-corrected chi connectivity index (χ2v) is 17.9. The smallest absolute Gasteiger partial charge is 0.322 e. The average molecular weight is 818 g/mol. The second kappa shape index (κ2) is 15.1. The highest BCUT2D eigenvalue weighted by Gasteiger charge is 2.39. The molecule has 63 heavy (non-hydrogen) atoms. The average Bonchev–Trinajstić information content (AvgIpc) is 3.84. The van der Waals surface area contributed by atoms with E-state index in [0.29, 0.717) is 6.67 Å². The number of para-hydroxylation sites is 3. The Morgan fingerprint density at radius 2 is 1.35 bits per heavy atom. The fourth-order valence-corrected chi connectivity index (χ4v) is 9.68. The van der Waals surface area contributed by atoms with Gasteiger partial charge in [-0.1, -0.05) is 129 Å². The zero-order valence-electron chi connectivity index (χ0n) is 36.3. The predicted octanol–water partition coefficient (Wildman–Crippen LogP) is 13.7. The summed E-state index contributed by atoms with van der Waals surface area (Å²) in [5.41, 5.74) is 15.3. The van der Waals surface area contributed by atoms with Crippen LogP contribution in [0.1, 0.15) is 48.6 Å². The van der Waals surface area contributed by atoms with E-state index < -0.39 is 0 Å². The minimum atomic E-state index is -0.00910. The normalized spacial score (nSPS) is 14.8. The fraction of sp³-hybridized carbons (Fsp3) is 0.125. The molecule has 5 heterocycles. The molecule has 0 unspecified atom stereocenters. The molecule has 0 amide bonds. The number of allylic oxidation sites excluding steroid dienone is 3. The fourth-order valence-electron chi connectivity index (χ4n) is 9.68. The van der Waals surface area contributed by atoms with Crippen molar-refractivity contribution in [2.45, 2.75) is 40.0 Å². The molecule has 7 heteroatoms. The number of nitrogens with zero attached hydrogens (tertiary/aromatic N) is 5. The highest BCUT2D eigenvalue weighted by Crippen LogP contribution is 2.49. The Morgan fingerprint density at radius 1 is 0.619 bits per heavy atom. The molecule has 0 atom stereocenters. The van der Waals surface area contributed by atoms with Gasteiger partial charge in [0.05, 0.1) is 22.4 Å². The Bertz CT molecular complexity index is 3200. The molecule has 6 aromatic carbocycles. The number of aryl methyl sites for hydroxylation is 2. The van der Waals surface area contributed by atoms with Gasteiger partial charge in [-0.15, -0.1) is 0 Å². The number of pyridine rings is 1. The molecule has 0 saturated carbocycles. The monoisotopic (exact) mass is 817 g/mol. The van der Waals surface area contributed by atoms with Gasteiger partial charge in [-0.25, -0.2) is 4.98 Å². The highest BCUT2D eigenvalue weighted by molar-refractivity contribution is 6.82. The van der Waals surface area contributed by atoms with Crippen LogP contribution in [0.5, 0.6) is 11.5 Å². The van der Waals surface area contributed by atoms with Crippen molar-refractivity contribution in [2.24, 2.45) is 0 Å². The van der Waals surface area contributed by atoms with Gasteiger partial charge in [-0.05, 0) is 108 Å². The molecule has 0 fully saturated rings. The SMILES string of the molecule is Cc1cc(C)cc(C2=C(N3CN(c4cccc(Oc5ccc6c7ccccc7n(-c7cc(C(C)(C)C)ccn7)c6c5)c4)c4ccccc43)C(c3ccccc3)=CN3C=CC=CB23)c1. The van der Waals surface area contributed by atoms with Gasteiger partial charge in [-0.2, -0.15) is 0 Å². The summed E-state index contributed by atoms with van der Waals surface area (Å²) in [6.45, 7) is 11.8. The molecule has 11 rings (SSSR count). The number of fused-ring (bicyclic) bond motifs is 5. The van der Waals surface area contributed by atoms with Crippen molar-refractivity contribution in [1.29, 1.82) is 0 Å². The van der Waals surface area contributed by atoms with Crippen LogP contribution in [0, 0.1) is 13.8 Å². The number of aromatic nitrogens is 2. The highest BCUT2D eigenvalue weighted by atomic mass is 16.5. The van der Waals surface area contributed by atoms with Crippen molar-refractivity contribution >= 4 is 56.8 Å². The molecule has 0 N–H and O–H groups in total. The number of benzene rings is 6. The summed E-state index contributed by atoms with van der Waals surface area (Å²) >= 11 is 0. The molecule has 0 saturated heterocycles. The number of rotatable bonds is 7. The molecule has 0 aliphatic carbocycles. The molecule has 0 bridgehead atoms. The Morgan fingerprint density at radius 3 is 2.16 bits per heavy atom. The van der Waals surface area contributed by atoms with Gasteiger partial charge in [0.15, 0.2) is 0 Å². The quantitative estimate of drug-likeness (QED) is 0.150. The first-order valence-corrected chi connectivity index (χ1v) is 21.8. The summed E-state index contributed by atoms with van der Waals surface area (Å²) in [5, 5.41) is 2.34. The second-order valence-electron chi connectivity index (χ2n) is 17.9. The maximum Gasteiger partial charge on any atom is 0.322 e. The van der Waals surface area contributed by atoms with Gasteiger partial charge in [0.25, 0.3) is 0 Å². The molecular formula is C56H48BN5O. The van der Waals surface area contributed by atoms with Crippen molar-refractivity contribution in [3.8, 4) is 17.3 Å². The first kappa shape index (κ1) is 38.4. The molecular weight excluding hydrogens is 769 g/mol. The third-order valence-electron chi connectivity index (χ3n) is 12.6. The molecule has 2 aromatic heterocycles. The third kappa shape index (κ3) is 6.81. The van der Waals surface area contributed by atoms with E-state index in [1.54, 1.807) is 0 Å². The molecule has 3 aliphatic rings. The minimum absolute atomic E-state index is 0.00910. The molecule has 3 aliphatic heterocycles. The minimum Gasteiger partial charge on any atom is -0.457 e. The van der Waals surface area contributed by atoms with Crippen molar-refractivity contribution < 1.29 is 4.74 Å². The standard InChI is InChI=1S/C56H48BN5O/c1-38-30-39(2)32-41(31-38)54-55(48(40-16-7-6-8-17-40)36-59-29-14-13-27-57(54)59)61-37-60(50-22-11-12-23-51(50)61)43-18-15-19-44(34-43)63-45-24-25-47-46-20-9-10-21-49(46)62(52(47)35-45)53-33-42(26-28-58-53)56(3,4)5/h6-36H,37H2,1-5H3. The lowest BCUT2D eigenvalue weighted by Crippen LogP contribution is -2.40. The van der Waals surface area contributed by atoms with E-state index >= 15 is 0 Å². The van der Waals surface area contributed by atoms with E-state index in [9.17, 15) is 0 Å². The van der Waals surface area contributed by atoms with Crippen LogP contribution in [0.25, 0.3) is 38.7 Å². The van der Waals surface area contributed by atoms with E-state index in [0.717, 1.165) is 50.8 Å². The molecule has 0 radical (unpaired) electrons. The predicted molar refractivity (Wildman–Crippen MR) is 263 cm³/mol. The molecule has 0 spiro atoms. The van der Waals surface area contributed by atoms with Crippen LogP contribution >= 0.6 is 0 Å². The van der Waals surface area contributed by atoms with Crippen LogP contribution in [0.2, 0.25) is 0 Å². The Balaban J connectivity index is 0.999. The maximum atomic E-state index is 6.80. The van der Waals surface area contributed by atoms with Crippen molar-refractivity contribution in [1.82, 2.24) is 14.4 Å². The summed E-state index contributed by atoms with van der Waals surface area (Å²) < 4.78 is 9.07. The van der Waals surface area contributed by atoms with Gasteiger partial charge >= 0.3 is 6.85 Å². The van der Waals surface area contributed by atoms with E-state index in [4.69, 9.17) is 9.72 Å². The molecule has 6 nitrogen and oxygen atoms in total. The van der Waals surface area contributed by atoms with Gasteiger partial charge in [-0.3, -0.25) is 4.57 Å². The topological polar surface area (TPSA) is 36.8 Å². The summed E-state index contributed by atoms with van der Waals surface area (Å²) in [4.78, 5) is 12.2. The van der Waals surface area contributed by atoms with Crippen LogP contribution < -0.4 is 14.5 Å². The largest absolute Gasteiger partial charge is 0.457 e. The number of hydrogen-bond acceptors (Lipinski definition) is 5. The van der Waals surface area contributed by atoms with Crippen LogP contribution in [0.3, 0.4) is 0 Å². The lowest BCUT2D eigenvalue weighted by molar-refractivity contribution is 0.483. The van der Waals surface area contributed by atoms with E-state index in [-0.39, 0.29) is 12.3 Å². The Labute approximate surface area is 370 Å². The van der Waals surface area contributed by atoms with Crippen molar-refractivity contribution in [2.75, 3.05) is 16.5 Å². The van der Waals surface area contributed by atoms with Crippen molar-refractivity contribution in [3.63, 3.8) is 0 Å². The van der Waals surface area contributed by atoms with Crippen LogP contribution in [-0.2, 0) is 5.41 Å². The lowest BCUT2D eigenvalue weighted by atomic mass is 9.48. The third-order valence-corrected chi connectivity index (χ3v) is 12.6. The van der Waals surface area contributed by atoms with Gasteiger partial charge in [0.2, 0.25) is 0 Å². The lowest BCUT2D eigenvalue weighted by Gasteiger charge is -2.38. The Kier molecular flexibility index (Phi) is 9.23. The maximum absolute atomic E-state index is 6.80. The van der Waals surface area contributed by atoms with E-state index in [2.05, 4.69) is 230 Å². The zero-order chi connectivity index (χ0) is 42.8. The summed E-state index contributed by atoms with van der Waals surface area (Å²) in [6.07, 6.45) is 10.8. The first-order valence-electron chi connectivity index (χ1n) is 21.8. The number of hydrogen-bond donors (Lipinski definition) is 0. The Hall–Kier alpha value is -7.51. The molecule has 8 aromatic rings. The number of ether oxygens (including phenoxy) is 1. The molecule has 306 valence electrons. The zero-order valence-corrected chi connectivity index (χ0v) is 36.3. The van der Waals surface area contributed by atoms with Gasteiger partial charge in [0.1, 0.15) is 24.0 Å². The summed E-state index contributed by atoms with van der Waals surface area (Å²) in [7, 11) is 0. The van der Waals surface area contributed by atoms with Crippen LogP contribution in [-0.4, -0.2) is 27.9 Å². The number of anilines is 3. The van der Waals surface area contributed by atoms with Crippen LogP contribution in [0.4, 0.5) is 17.1 Å². The van der Waals surface area contributed by atoms with Crippen LogP contribution in [0.15, 0.2) is 194 Å². The summed E-state index contributed by atoms with van der Waals surface area (Å²) in [5.74, 6) is 4.75. The van der Waals surface area contributed by atoms with Gasteiger partial charge < -0.3 is 19.3 Å². The van der Waals surface area contributed by atoms with Gasteiger partial charge in [0, 0.05) is 52.3 Å².